The van der Waals surface area contributed by atoms with E-state index in [0.29, 0.717) is 0 Å². The zero-order valence-corrected chi connectivity index (χ0v) is 12.8. The number of hydrogen-bond acceptors (Lipinski definition) is 6. The first-order valence-corrected chi connectivity index (χ1v) is 8.46. The summed E-state index contributed by atoms with van der Waals surface area (Å²) in [5, 5.41) is -0.327. The Morgan fingerprint density at radius 1 is 1.18 bits per heavy atom. The van der Waals surface area contributed by atoms with E-state index in [9.17, 15) is 21.6 Å². The van der Waals surface area contributed by atoms with Crippen LogP contribution in [-0.4, -0.2) is 34.6 Å². The van der Waals surface area contributed by atoms with Gasteiger partial charge in [0.2, 0.25) is 0 Å². The van der Waals surface area contributed by atoms with Crippen LogP contribution in [0.3, 0.4) is 0 Å². The quantitative estimate of drug-likeness (QED) is 0.790. The van der Waals surface area contributed by atoms with Gasteiger partial charge in [-0.15, -0.1) is 0 Å². The number of pyridine rings is 1. The monoisotopic (exact) mass is 349 g/mol. The summed E-state index contributed by atoms with van der Waals surface area (Å²) in [6, 6.07) is 2.84. The number of alkyl halides is 3. The summed E-state index contributed by atoms with van der Waals surface area (Å²) in [5.74, 6) is -0.124. The molecule has 10 heteroatoms. The van der Waals surface area contributed by atoms with Gasteiger partial charge in [-0.05, 0) is 12.1 Å². The van der Waals surface area contributed by atoms with Gasteiger partial charge in [-0.25, -0.2) is 13.4 Å². The molecule has 0 fully saturated rings. The lowest BCUT2D eigenvalue weighted by atomic mass is 10.3. The lowest BCUT2D eigenvalue weighted by molar-refractivity contribution is -0.0329. The largest absolute Gasteiger partial charge is 0.447 e. The maximum absolute atomic E-state index is 12.2. The summed E-state index contributed by atoms with van der Waals surface area (Å²) < 4.78 is 60.7. The van der Waals surface area contributed by atoms with Crippen molar-refractivity contribution in [2.45, 2.75) is 22.4 Å². The van der Waals surface area contributed by atoms with Crippen LogP contribution in [0.15, 0.2) is 40.6 Å². The highest BCUT2D eigenvalue weighted by Crippen LogP contribution is 2.35. The Bertz CT molecular complexity index is 762. The molecular formula is C12H10F3N3O2S2. The van der Waals surface area contributed by atoms with Crippen LogP contribution >= 0.6 is 11.8 Å². The Morgan fingerprint density at radius 3 is 2.45 bits per heavy atom. The Labute approximate surface area is 128 Å². The van der Waals surface area contributed by atoms with Crippen LogP contribution in [-0.2, 0) is 9.84 Å². The van der Waals surface area contributed by atoms with E-state index in [1.165, 1.54) is 25.3 Å². The summed E-state index contributed by atoms with van der Waals surface area (Å²) >= 11 is -0.393. The maximum Gasteiger partial charge on any atom is 0.447 e. The van der Waals surface area contributed by atoms with Gasteiger partial charge in [0.15, 0.2) is 9.84 Å². The third-order valence-corrected chi connectivity index (χ3v) is 4.99. The number of halogens is 3. The van der Waals surface area contributed by atoms with Crippen LogP contribution in [0.4, 0.5) is 13.2 Å². The van der Waals surface area contributed by atoms with E-state index in [4.69, 9.17) is 0 Å². The lowest BCUT2D eigenvalue weighted by Crippen LogP contribution is -2.07. The second kappa shape index (κ2) is 6.21. The average molecular weight is 349 g/mol. The standard InChI is InChI=1S/C12H10F3N3O2S2/c1-2-22(19,20)9-4-3-5-16-11(9)8-6-18-10(7-17-8)21-12(13,14)15/h3-7H,2H2,1H3. The highest BCUT2D eigenvalue weighted by Gasteiger charge is 2.30. The second-order valence-electron chi connectivity index (χ2n) is 4.04. The highest BCUT2D eigenvalue weighted by molar-refractivity contribution is 8.00. The van der Waals surface area contributed by atoms with Crippen LogP contribution in [0.1, 0.15) is 6.92 Å². The summed E-state index contributed by atoms with van der Waals surface area (Å²) in [5.41, 5.74) is -4.29. The summed E-state index contributed by atoms with van der Waals surface area (Å²) in [4.78, 5) is 11.4. The Hall–Kier alpha value is -1.68. The van der Waals surface area contributed by atoms with Gasteiger partial charge in [0.25, 0.3) is 0 Å². The molecule has 0 radical (unpaired) electrons. The lowest BCUT2D eigenvalue weighted by Gasteiger charge is -2.08. The predicted octanol–water partition coefficient (Wildman–Crippen LogP) is 2.94. The third-order valence-electron chi connectivity index (χ3n) is 2.58. The van der Waals surface area contributed by atoms with E-state index >= 15 is 0 Å². The molecule has 0 aliphatic carbocycles. The Balaban J connectivity index is 2.42. The summed E-state index contributed by atoms with van der Waals surface area (Å²) in [6.07, 6.45) is 3.39. The number of rotatable bonds is 4. The first-order chi connectivity index (χ1) is 10.2. The zero-order valence-electron chi connectivity index (χ0n) is 11.2. The Kier molecular flexibility index (Phi) is 4.71. The molecule has 0 aromatic carbocycles. The molecule has 2 aromatic heterocycles. The smallest absolute Gasteiger partial charge is 0.253 e. The topological polar surface area (TPSA) is 72.8 Å². The molecule has 2 heterocycles. The fraction of sp³-hybridized carbons (Fsp3) is 0.250. The molecule has 5 nitrogen and oxygen atoms in total. The molecule has 0 saturated heterocycles. The van der Waals surface area contributed by atoms with Gasteiger partial charge in [-0.3, -0.25) is 9.97 Å². The molecular weight excluding hydrogens is 339 g/mol. The molecule has 2 rings (SSSR count). The minimum absolute atomic E-state index is 0.0250. The van der Waals surface area contributed by atoms with Crippen molar-refractivity contribution in [3.05, 3.63) is 30.7 Å². The maximum atomic E-state index is 12.2. The molecule has 0 amide bonds. The van der Waals surface area contributed by atoms with Crippen LogP contribution in [0, 0.1) is 0 Å². The zero-order chi connectivity index (χ0) is 16.4. The van der Waals surface area contributed by atoms with Crippen LogP contribution < -0.4 is 0 Å². The van der Waals surface area contributed by atoms with Crippen LogP contribution in [0.5, 0.6) is 0 Å². The molecule has 0 saturated carbocycles. The molecule has 0 bridgehead atoms. The van der Waals surface area contributed by atoms with E-state index in [-0.39, 0.29) is 27.1 Å². The highest BCUT2D eigenvalue weighted by atomic mass is 32.2. The molecule has 0 aliphatic rings. The van der Waals surface area contributed by atoms with Crippen molar-refractivity contribution in [1.29, 1.82) is 0 Å². The van der Waals surface area contributed by atoms with Gasteiger partial charge in [0.05, 0.1) is 23.0 Å². The minimum Gasteiger partial charge on any atom is -0.253 e. The molecule has 2 aromatic rings. The van der Waals surface area contributed by atoms with Crippen molar-refractivity contribution < 1.29 is 21.6 Å². The van der Waals surface area contributed by atoms with E-state index in [2.05, 4.69) is 15.0 Å². The SMILES string of the molecule is CCS(=O)(=O)c1cccnc1-c1cnc(SC(F)(F)F)cn1. The van der Waals surface area contributed by atoms with Crippen molar-refractivity contribution in [2.75, 3.05) is 5.75 Å². The summed E-state index contributed by atoms with van der Waals surface area (Å²) in [6.45, 7) is 1.49. The number of nitrogens with zero attached hydrogens (tertiary/aromatic N) is 3. The number of hydrogen-bond donors (Lipinski definition) is 0. The molecule has 22 heavy (non-hydrogen) atoms. The molecule has 0 N–H and O–H groups in total. The van der Waals surface area contributed by atoms with Crippen LogP contribution in [0.2, 0.25) is 0 Å². The first-order valence-electron chi connectivity index (χ1n) is 5.99. The van der Waals surface area contributed by atoms with Gasteiger partial charge in [0, 0.05) is 18.0 Å². The minimum atomic E-state index is -4.46. The van der Waals surface area contributed by atoms with Gasteiger partial charge >= 0.3 is 5.51 Å². The summed E-state index contributed by atoms with van der Waals surface area (Å²) in [7, 11) is -3.53. The molecule has 0 aliphatic heterocycles. The third kappa shape index (κ3) is 3.95. The second-order valence-corrected chi connectivity index (χ2v) is 7.37. The van der Waals surface area contributed by atoms with E-state index < -0.39 is 27.1 Å². The predicted molar refractivity (Wildman–Crippen MR) is 74.9 cm³/mol. The van der Waals surface area contributed by atoms with Gasteiger partial charge in [-0.1, -0.05) is 6.92 Å². The van der Waals surface area contributed by atoms with Gasteiger partial charge < -0.3 is 0 Å². The number of thioether (sulfide) groups is 1. The fourth-order valence-corrected chi connectivity index (χ4v) is 3.10. The van der Waals surface area contributed by atoms with Crippen LogP contribution in [0.25, 0.3) is 11.4 Å². The fourth-order valence-electron chi connectivity index (χ4n) is 1.60. The first kappa shape index (κ1) is 16.7. The average Bonchev–Trinajstić information content (AvgIpc) is 2.46. The van der Waals surface area contributed by atoms with Crippen molar-refractivity contribution in [3.63, 3.8) is 0 Å². The van der Waals surface area contributed by atoms with Gasteiger partial charge in [-0.2, -0.15) is 13.2 Å². The Morgan fingerprint density at radius 2 is 1.91 bits per heavy atom. The molecule has 0 spiro atoms. The van der Waals surface area contributed by atoms with E-state index in [1.807, 2.05) is 0 Å². The van der Waals surface area contributed by atoms with Gasteiger partial charge in [0.1, 0.15) is 16.4 Å². The normalized spacial score (nSPS) is 12.4. The number of aromatic nitrogens is 3. The van der Waals surface area contributed by atoms with Crippen molar-refractivity contribution in [3.8, 4) is 11.4 Å². The van der Waals surface area contributed by atoms with E-state index in [1.54, 1.807) is 0 Å². The van der Waals surface area contributed by atoms with Crippen molar-refractivity contribution >= 4 is 21.6 Å². The number of sulfone groups is 1. The molecule has 118 valence electrons. The van der Waals surface area contributed by atoms with E-state index in [0.717, 1.165) is 12.4 Å². The van der Waals surface area contributed by atoms with Crippen molar-refractivity contribution in [1.82, 2.24) is 15.0 Å². The van der Waals surface area contributed by atoms with Crippen molar-refractivity contribution in [2.24, 2.45) is 0 Å². The molecule has 0 atom stereocenters. The molecule has 0 unspecified atom stereocenters.